The molecule has 16 heavy (non-hydrogen) atoms. The SMILES string of the molecule is CC(=O)NCCNCc1cc(N)ccc1N. The van der Waals surface area contributed by atoms with Gasteiger partial charge in [-0.05, 0) is 23.8 Å². The molecule has 5 heteroatoms. The third kappa shape index (κ3) is 4.18. The molecular formula is C11H18N4O. The van der Waals surface area contributed by atoms with Crippen molar-refractivity contribution in [3.05, 3.63) is 23.8 Å². The van der Waals surface area contributed by atoms with E-state index in [1.807, 2.05) is 6.07 Å². The van der Waals surface area contributed by atoms with Gasteiger partial charge in [-0.15, -0.1) is 0 Å². The average molecular weight is 222 g/mol. The van der Waals surface area contributed by atoms with Gasteiger partial charge >= 0.3 is 0 Å². The smallest absolute Gasteiger partial charge is 0.216 e. The van der Waals surface area contributed by atoms with E-state index in [0.29, 0.717) is 25.3 Å². The van der Waals surface area contributed by atoms with Gasteiger partial charge in [0, 0.05) is 37.9 Å². The molecule has 6 N–H and O–H groups in total. The molecule has 0 fully saturated rings. The van der Waals surface area contributed by atoms with Gasteiger partial charge < -0.3 is 22.1 Å². The monoisotopic (exact) mass is 222 g/mol. The van der Waals surface area contributed by atoms with E-state index in [0.717, 1.165) is 11.3 Å². The average Bonchev–Trinajstić information content (AvgIpc) is 2.22. The molecule has 0 aromatic heterocycles. The summed E-state index contributed by atoms with van der Waals surface area (Å²) < 4.78 is 0. The number of benzene rings is 1. The summed E-state index contributed by atoms with van der Waals surface area (Å²) in [5, 5.41) is 5.88. The number of hydrogen-bond donors (Lipinski definition) is 4. The fourth-order valence-electron chi connectivity index (χ4n) is 1.33. The lowest BCUT2D eigenvalue weighted by Crippen LogP contribution is -2.30. The molecule has 0 unspecified atom stereocenters. The van der Waals surface area contributed by atoms with Crippen molar-refractivity contribution >= 4 is 17.3 Å². The summed E-state index contributed by atoms with van der Waals surface area (Å²) in [4.78, 5) is 10.6. The largest absolute Gasteiger partial charge is 0.399 e. The molecule has 0 saturated carbocycles. The minimum Gasteiger partial charge on any atom is -0.399 e. The molecule has 88 valence electrons. The zero-order valence-electron chi connectivity index (χ0n) is 9.42. The van der Waals surface area contributed by atoms with Crippen LogP contribution in [0, 0.1) is 0 Å². The zero-order chi connectivity index (χ0) is 12.0. The van der Waals surface area contributed by atoms with Crippen LogP contribution in [0.5, 0.6) is 0 Å². The Kier molecular flexibility index (Phi) is 4.60. The molecule has 0 aliphatic rings. The third-order valence-corrected chi connectivity index (χ3v) is 2.16. The number of carbonyl (C=O) groups excluding carboxylic acids is 1. The van der Waals surface area contributed by atoms with Crippen molar-refractivity contribution in [1.82, 2.24) is 10.6 Å². The summed E-state index contributed by atoms with van der Waals surface area (Å²) in [6, 6.07) is 5.41. The highest BCUT2D eigenvalue weighted by Gasteiger charge is 1.99. The number of nitrogens with one attached hydrogen (secondary N) is 2. The number of nitrogen functional groups attached to an aromatic ring is 2. The summed E-state index contributed by atoms with van der Waals surface area (Å²) in [6.07, 6.45) is 0. The Balaban J connectivity index is 2.31. The van der Waals surface area contributed by atoms with Crippen LogP contribution in [0.1, 0.15) is 12.5 Å². The predicted octanol–water partition coefficient (Wildman–Crippen LogP) is 0.0767. The lowest BCUT2D eigenvalue weighted by molar-refractivity contribution is -0.118. The maximum absolute atomic E-state index is 10.6. The fourth-order valence-corrected chi connectivity index (χ4v) is 1.33. The first kappa shape index (κ1) is 12.3. The molecule has 1 aromatic rings. The van der Waals surface area contributed by atoms with E-state index in [-0.39, 0.29) is 5.91 Å². The molecule has 1 rings (SSSR count). The summed E-state index contributed by atoms with van der Waals surface area (Å²) in [5.41, 5.74) is 13.8. The molecule has 0 aliphatic carbocycles. The first-order chi connectivity index (χ1) is 7.59. The first-order valence-electron chi connectivity index (χ1n) is 5.18. The number of anilines is 2. The first-order valence-corrected chi connectivity index (χ1v) is 5.18. The summed E-state index contributed by atoms with van der Waals surface area (Å²) >= 11 is 0. The second-order valence-corrected chi connectivity index (χ2v) is 3.62. The number of amides is 1. The van der Waals surface area contributed by atoms with Crippen LogP contribution in [0.15, 0.2) is 18.2 Å². The van der Waals surface area contributed by atoms with Gasteiger partial charge in [-0.1, -0.05) is 0 Å². The molecule has 0 spiro atoms. The standard InChI is InChI=1S/C11H18N4O/c1-8(16)15-5-4-14-7-9-6-10(12)2-3-11(9)13/h2-3,6,14H,4-5,7,12-13H2,1H3,(H,15,16). The van der Waals surface area contributed by atoms with Crippen LogP contribution in [0.2, 0.25) is 0 Å². The van der Waals surface area contributed by atoms with Crippen LogP contribution < -0.4 is 22.1 Å². The van der Waals surface area contributed by atoms with E-state index in [1.54, 1.807) is 12.1 Å². The van der Waals surface area contributed by atoms with E-state index < -0.39 is 0 Å². The Hall–Kier alpha value is -1.75. The maximum atomic E-state index is 10.6. The van der Waals surface area contributed by atoms with Crippen molar-refractivity contribution < 1.29 is 4.79 Å². The fraction of sp³-hybridized carbons (Fsp3) is 0.364. The Labute approximate surface area is 95.2 Å². The Morgan fingerprint density at radius 2 is 2.06 bits per heavy atom. The Bertz CT molecular complexity index is 365. The van der Waals surface area contributed by atoms with Crippen molar-refractivity contribution in [3.8, 4) is 0 Å². The Morgan fingerprint density at radius 3 is 2.75 bits per heavy atom. The molecule has 0 saturated heterocycles. The zero-order valence-corrected chi connectivity index (χ0v) is 9.42. The van der Waals surface area contributed by atoms with Gasteiger partial charge in [0.15, 0.2) is 0 Å². The van der Waals surface area contributed by atoms with Crippen LogP contribution in [0.25, 0.3) is 0 Å². The predicted molar refractivity (Wildman–Crippen MR) is 65.7 cm³/mol. The van der Waals surface area contributed by atoms with Crippen molar-refractivity contribution in [2.45, 2.75) is 13.5 Å². The highest BCUT2D eigenvalue weighted by molar-refractivity contribution is 5.72. The number of nitrogens with two attached hydrogens (primary N) is 2. The van der Waals surface area contributed by atoms with Gasteiger partial charge in [-0.2, -0.15) is 0 Å². The third-order valence-electron chi connectivity index (χ3n) is 2.16. The highest BCUT2D eigenvalue weighted by Crippen LogP contribution is 2.14. The summed E-state index contributed by atoms with van der Waals surface area (Å²) in [5.74, 6) is -0.0229. The van der Waals surface area contributed by atoms with Crippen LogP contribution >= 0.6 is 0 Å². The molecule has 0 radical (unpaired) electrons. The van der Waals surface area contributed by atoms with E-state index in [9.17, 15) is 4.79 Å². The highest BCUT2D eigenvalue weighted by atomic mass is 16.1. The molecule has 0 heterocycles. The normalized spacial score (nSPS) is 10.1. The molecule has 0 aliphatic heterocycles. The molecule has 0 bridgehead atoms. The molecule has 0 atom stereocenters. The van der Waals surface area contributed by atoms with Crippen molar-refractivity contribution in [2.75, 3.05) is 24.6 Å². The number of carbonyl (C=O) groups is 1. The van der Waals surface area contributed by atoms with E-state index in [2.05, 4.69) is 10.6 Å². The topological polar surface area (TPSA) is 93.2 Å². The van der Waals surface area contributed by atoms with Crippen molar-refractivity contribution in [3.63, 3.8) is 0 Å². The molecule has 5 nitrogen and oxygen atoms in total. The number of rotatable bonds is 5. The second-order valence-electron chi connectivity index (χ2n) is 3.62. The van der Waals surface area contributed by atoms with Gasteiger partial charge in [-0.25, -0.2) is 0 Å². The van der Waals surface area contributed by atoms with Crippen LogP contribution in [0.4, 0.5) is 11.4 Å². The van der Waals surface area contributed by atoms with Gasteiger partial charge in [0.2, 0.25) is 5.91 Å². The van der Waals surface area contributed by atoms with Crippen LogP contribution in [-0.4, -0.2) is 19.0 Å². The quantitative estimate of drug-likeness (QED) is 0.419. The van der Waals surface area contributed by atoms with E-state index in [4.69, 9.17) is 11.5 Å². The second kappa shape index (κ2) is 5.97. The van der Waals surface area contributed by atoms with Crippen molar-refractivity contribution in [2.24, 2.45) is 0 Å². The minimum atomic E-state index is -0.0229. The summed E-state index contributed by atoms with van der Waals surface area (Å²) in [6.45, 7) is 3.46. The van der Waals surface area contributed by atoms with E-state index >= 15 is 0 Å². The Morgan fingerprint density at radius 1 is 1.31 bits per heavy atom. The maximum Gasteiger partial charge on any atom is 0.216 e. The van der Waals surface area contributed by atoms with Crippen molar-refractivity contribution in [1.29, 1.82) is 0 Å². The van der Waals surface area contributed by atoms with Crippen LogP contribution in [0.3, 0.4) is 0 Å². The van der Waals surface area contributed by atoms with Gasteiger partial charge in [0.05, 0.1) is 0 Å². The lowest BCUT2D eigenvalue weighted by atomic mass is 10.1. The van der Waals surface area contributed by atoms with Crippen LogP contribution in [-0.2, 0) is 11.3 Å². The minimum absolute atomic E-state index is 0.0229. The number of hydrogen-bond acceptors (Lipinski definition) is 4. The van der Waals surface area contributed by atoms with Gasteiger partial charge in [0.1, 0.15) is 0 Å². The molecule has 1 amide bonds. The molecular weight excluding hydrogens is 204 g/mol. The lowest BCUT2D eigenvalue weighted by Gasteiger charge is -2.08. The van der Waals surface area contributed by atoms with E-state index in [1.165, 1.54) is 6.92 Å². The molecule has 1 aromatic carbocycles. The summed E-state index contributed by atoms with van der Waals surface area (Å²) in [7, 11) is 0. The van der Waals surface area contributed by atoms with Gasteiger partial charge in [0.25, 0.3) is 0 Å². The van der Waals surface area contributed by atoms with Gasteiger partial charge in [-0.3, -0.25) is 4.79 Å².